The van der Waals surface area contributed by atoms with Gasteiger partial charge in [-0.15, -0.1) is 0 Å². The van der Waals surface area contributed by atoms with Gasteiger partial charge in [-0.25, -0.2) is 15.1 Å². The predicted molar refractivity (Wildman–Crippen MR) is 114 cm³/mol. The summed E-state index contributed by atoms with van der Waals surface area (Å²) >= 11 is 0. The number of nitrogens with one attached hydrogen (secondary N) is 2. The third-order valence-corrected chi connectivity index (χ3v) is 5.25. The SMILES string of the molecule is C[C@@H](COCCC(=O)N1CCN(c2ncc(C(F)(F)F)cn2)CC1)Nc1cn[nH]c(=O)c1C(F)(F)F. The molecule has 2 aromatic heterocycles. The van der Waals surface area contributed by atoms with Crippen molar-refractivity contribution < 1.29 is 35.9 Å². The van der Waals surface area contributed by atoms with Gasteiger partial charge in [-0.1, -0.05) is 0 Å². The number of carbonyl (C=O) groups excluding carboxylic acids is 1. The van der Waals surface area contributed by atoms with Crippen molar-refractivity contribution in [2.75, 3.05) is 49.6 Å². The monoisotopic (exact) mass is 523 g/mol. The molecular weight excluding hydrogens is 500 g/mol. The molecule has 2 N–H and O–H groups in total. The van der Waals surface area contributed by atoms with Crippen LogP contribution in [0.1, 0.15) is 24.5 Å². The smallest absolute Gasteiger partial charge is 0.379 e. The van der Waals surface area contributed by atoms with Gasteiger partial charge in [0.05, 0.1) is 37.1 Å². The fourth-order valence-electron chi connectivity index (χ4n) is 3.46. The number of aromatic nitrogens is 4. The number of aromatic amines is 1. The number of H-pyrrole nitrogens is 1. The predicted octanol–water partition coefficient (Wildman–Crippen LogP) is 2.15. The van der Waals surface area contributed by atoms with Crippen molar-refractivity contribution in [3.63, 3.8) is 0 Å². The van der Waals surface area contributed by atoms with Crippen LogP contribution in [0.5, 0.6) is 0 Å². The summed E-state index contributed by atoms with van der Waals surface area (Å²) in [6, 6.07) is -0.614. The molecule has 2 aromatic rings. The van der Waals surface area contributed by atoms with E-state index in [1.54, 1.807) is 21.8 Å². The standard InChI is InChI=1S/C20H23F6N7O3/c1-12(30-14-10-29-31-17(35)16(14)20(24,25)26)11-36-7-2-15(34)32-3-5-33(6-4-32)18-27-8-13(9-28-18)19(21,22)23/h8-10,12H,2-7,11H2,1H3,(H2,30,31,35)/t12-/m0/s1. The van der Waals surface area contributed by atoms with Gasteiger partial charge in [-0.3, -0.25) is 9.59 Å². The fraction of sp³-hybridized carbons (Fsp3) is 0.550. The van der Waals surface area contributed by atoms with E-state index in [1.807, 2.05) is 0 Å². The topological polar surface area (TPSA) is 116 Å². The molecule has 0 aliphatic carbocycles. The molecule has 3 heterocycles. The quantitative estimate of drug-likeness (QED) is 0.400. The van der Waals surface area contributed by atoms with Crippen molar-refractivity contribution in [3.8, 4) is 0 Å². The van der Waals surface area contributed by atoms with Gasteiger partial charge in [0.15, 0.2) is 0 Å². The Balaban J connectivity index is 1.40. The zero-order valence-electron chi connectivity index (χ0n) is 19.0. The van der Waals surface area contributed by atoms with Crippen LogP contribution < -0.4 is 15.8 Å². The second kappa shape index (κ2) is 11.1. The number of rotatable bonds is 8. The van der Waals surface area contributed by atoms with E-state index in [2.05, 4.69) is 20.4 Å². The minimum atomic E-state index is -4.87. The highest BCUT2D eigenvalue weighted by atomic mass is 19.4. The minimum Gasteiger partial charge on any atom is -0.379 e. The van der Waals surface area contributed by atoms with Crippen molar-refractivity contribution in [3.05, 3.63) is 40.1 Å². The number of alkyl halides is 6. The zero-order chi connectivity index (χ0) is 26.5. The maximum atomic E-state index is 13.1. The van der Waals surface area contributed by atoms with E-state index in [0.717, 1.165) is 6.20 Å². The van der Waals surface area contributed by atoms with Gasteiger partial charge in [-0.05, 0) is 6.92 Å². The molecule has 1 aliphatic heterocycles. The zero-order valence-corrected chi connectivity index (χ0v) is 19.0. The Morgan fingerprint density at radius 3 is 2.31 bits per heavy atom. The molecule has 0 radical (unpaired) electrons. The van der Waals surface area contributed by atoms with Crippen molar-refractivity contribution in [2.45, 2.75) is 31.7 Å². The van der Waals surface area contributed by atoms with Crippen molar-refractivity contribution in [1.82, 2.24) is 25.1 Å². The molecule has 10 nitrogen and oxygen atoms in total. The molecule has 1 atom stereocenters. The number of piperazine rings is 1. The summed E-state index contributed by atoms with van der Waals surface area (Å²) in [5, 5.41) is 7.66. The summed E-state index contributed by atoms with van der Waals surface area (Å²) in [4.78, 5) is 34.7. The maximum Gasteiger partial charge on any atom is 0.423 e. The highest BCUT2D eigenvalue weighted by Gasteiger charge is 2.37. The van der Waals surface area contributed by atoms with Crippen LogP contribution in [0.4, 0.5) is 38.0 Å². The average molecular weight is 523 g/mol. The first-order valence-electron chi connectivity index (χ1n) is 10.8. The van der Waals surface area contributed by atoms with E-state index in [-0.39, 0.29) is 31.5 Å². The Hall–Kier alpha value is -3.43. The van der Waals surface area contributed by atoms with E-state index in [1.165, 1.54) is 0 Å². The first kappa shape index (κ1) is 27.2. The number of hydrogen-bond donors (Lipinski definition) is 2. The molecule has 1 amide bonds. The number of hydrogen-bond acceptors (Lipinski definition) is 8. The van der Waals surface area contributed by atoms with Gasteiger partial charge in [0.2, 0.25) is 11.9 Å². The molecule has 0 spiro atoms. The van der Waals surface area contributed by atoms with Crippen LogP contribution in [-0.2, 0) is 21.9 Å². The Kier molecular flexibility index (Phi) is 8.37. The van der Waals surface area contributed by atoms with Crippen LogP contribution in [0.15, 0.2) is 23.4 Å². The third-order valence-electron chi connectivity index (χ3n) is 5.25. The second-order valence-corrected chi connectivity index (χ2v) is 7.99. The molecule has 16 heteroatoms. The first-order valence-corrected chi connectivity index (χ1v) is 10.8. The molecule has 0 unspecified atom stereocenters. The van der Waals surface area contributed by atoms with Gasteiger partial charge >= 0.3 is 12.4 Å². The molecule has 0 bridgehead atoms. The largest absolute Gasteiger partial charge is 0.423 e. The summed E-state index contributed by atoms with van der Waals surface area (Å²) in [6.07, 6.45) is -7.08. The molecule has 1 aliphatic rings. The second-order valence-electron chi connectivity index (χ2n) is 7.99. The molecule has 198 valence electrons. The minimum absolute atomic E-state index is 0.0207. The van der Waals surface area contributed by atoms with Crippen LogP contribution in [-0.4, -0.2) is 76.4 Å². The fourth-order valence-corrected chi connectivity index (χ4v) is 3.46. The van der Waals surface area contributed by atoms with Crippen LogP contribution in [0.3, 0.4) is 0 Å². The third kappa shape index (κ3) is 7.05. The van der Waals surface area contributed by atoms with Gasteiger partial charge in [0, 0.05) is 44.6 Å². The van der Waals surface area contributed by atoms with Crippen molar-refractivity contribution in [2.24, 2.45) is 0 Å². The van der Waals surface area contributed by atoms with Crippen LogP contribution >= 0.6 is 0 Å². The number of nitrogens with zero attached hydrogens (tertiary/aromatic N) is 5. The molecule has 1 saturated heterocycles. The molecule has 1 fully saturated rings. The van der Waals surface area contributed by atoms with Crippen molar-refractivity contribution >= 4 is 17.5 Å². The molecule has 36 heavy (non-hydrogen) atoms. The Morgan fingerprint density at radius 2 is 1.72 bits per heavy atom. The van der Waals surface area contributed by atoms with Crippen LogP contribution in [0.2, 0.25) is 0 Å². The highest BCUT2D eigenvalue weighted by Crippen LogP contribution is 2.31. The molecule has 0 saturated carbocycles. The van der Waals surface area contributed by atoms with E-state index in [0.29, 0.717) is 38.6 Å². The normalized spacial score (nSPS) is 15.6. The van der Waals surface area contributed by atoms with E-state index < -0.39 is 40.8 Å². The number of halogens is 6. The molecule has 0 aromatic carbocycles. The Morgan fingerprint density at radius 1 is 1.08 bits per heavy atom. The number of ether oxygens (including phenoxy) is 1. The van der Waals surface area contributed by atoms with Crippen molar-refractivity contribution in [1.29, 1.82) is 0 Å². The lowest BCUT2D eigenvalue weighted by molar-refractivity contribution is -0.139. The van der Waals surface area contributed by atoms with E-state index in [4.69, 9.17) is 4.74 Å². The number of anilines is 2. The summed E-state index contributed by atoms with van der Waals surface area (Å²) in [7, 11) is 0. The lowest BCUT2D eigenvalue weighted by Crippen LogP contribution is -2.49. The average Bonchev–Trinajstić information content (AvgIpc) is 2.80. The number of amides is 1. The summed E-state index contributed by atoms with van der Waals surface area (Å²) in [5.74, 6) is -0.0639. The van der Waals surface area contributed by atoms with Gasteiger partial charge in [-0.2, -0.15) is 31.4 Å². The summed E-state index contributed by atoms with van der Waals surface area (Å²) in [6.45, 7) is 2.85. The van der Waals surface area contributed by atoms with Crippen LogP contribution in [0, 0.1) is 0 Å². The maximum absolute atomic E-state index is 13.1. The van der Waals surface area contributed by atoms with E-state index >= 15 is 0 Å². The molecule has 3 rings (SSSR count). The first-order chi connectivity index (χ1) is 16.9. The van der Waals surface area contributed by atoms with Gasteiger partial charge < -0.3 is 19.9 Å². The Bertz CT molecular complexity index is 1080. The summed E-state index contributed by atoms with van der Waals surface area (Å²) in [5.41, 5.74) is -4.18. The Labute approximate surface area is 200 Å². The highest BCUT2D eigenvalue weighted by molar-refractivity contribution is 5.76. The molecular formula is C20H23F6N7O3. The van der Waals surface area contributed by atoms with Gasteiger partial charge in [0.25, 0.3) is 5.56 Å². The lowest BCUT2D eigenvalue weighted by atomic mass is 10.2. The van der Waals surface area contributed by atoms with Gasteiger partial charge in [0.1, 0.15) is 5.56 Å². The van der Waals surface area contributed by atoms with Crippen LogP contribution in [0.25, 0.3) is 0 Å². The summed E-state index contributed by atoms with van der Waals surface area (Å²) < 4.78 is 82.6. The number of carbonyl (C=O) groups is 1. The van der Waals surface area contributed by atoms with E-state index in [9.17, 15) is 35.9 Å². The lowest BCUT2D eigenvalue weighted by Gasteiger charge is -2.34.